The van der Waals surface area contributed by atoms with Crippen LogP contribution in [0.3, 0.4) is 0 Å². The van der Waals surface area contributed by atoms with Crippen molar-refractivity contribution in [1.29, 1.82) is 0 Å². The van der Waals surface area contributed by atoms with Crippen LogP contribution < -0.4 is 0 Å². The second-order valence-electron chi connectivity index (χ2n) is 9.49. The predicted octanol–water partition coefficient (Wildman–Crippen LogP) is 6.21. The Labute approximate surface area is 154 Å². The first kappa shape index (κ1) is 17.6. The molecule has 0 N–H and O–H groups in total. The summed E-state index contributed by atoms with van der Waals surface area (Å²) < 4.78 is 0. The summed E-state index contributed by atoms with van der Waals surface area (Å²) in [5.41, 5.74) is 2.93. The lowest BCUT2D eigenvalue weighted by Gasteiger charge is -2.39. The Bertz CT molecular complexity index is 502. The van der Waals surface area contributed by atoms with Crippen LogP contribution in [0.5, 0.6) is 0 Å². The van der Waals surface area contributed by atoms with Gasteiger partial charge >= 0.3 is 0 Å². The highest BCUT2D eigenvalue weighted by molar-refractivity contribution is 5.91. The summed E-state index contributed by atoms with van der Waals surface area (Å²) >= 11 is 0. The summed E-state index contributed by atoms with van der Waals surface area (Å²) in [7, 11) is 2.08. The van der Waals surface area contributed by atoms with Gasteiger partial charge in [-0.25, -0.2) is 0 Å². The Hall–Kier alpha value is -0.790. The molecule has 0 spiro atoms. The van der Waals surface area contributed by atoms with Crippen LogP contribution in [0.15, 0.2) is 11.3 Å². The molecule has 140 valence electrons. The molecule has 25 heavy (non-hydrogen) atoms. The molecule has 1 amide bonds. The first-order chi connectivity index (χ1) is 12.2. The summed E-state index contributed by atoms with van der Waals surface area (Å²) in [6.07, 6.45) is 21.1. The van der Waals surface area contributed by atoms with Gasteiger partial charge in [-0.15, -0.1) is 0 Å². The second kappa shape index (κ2) is 7.45. The summed E-state index contributed by atoms with van der Waals surface area (Å²) in [6.45, 7) is 0. The normalized spacial score (nSPS) is 28.5. The van der Waals surface area contributed by atoms with Crippen molar-refractivity contribution in [3.63, 3.8) is 0 Å². The Morgan fingerprint density at radius 3 is 1.88 bits per heavy atom. The van der Waals surface area contributed by atoms with Crippen LogP contribution in [-0.2, 0) is 4.79 Å². The zero-order valence-corrected chi connectivity index (χ0v) is 16.3. The fourth-order valence-electron chi connectivity index (χ4n) is 6.62. The minimum absolute atomic E-state index is 0.103. The predicted molar refractivity (Wildman–Crippen MR) is 103 cm³/mol. The summed E-state index contributed by atoms with van der Waals surface area (Å²) in [5, 5.41) is 0. The zero-order valence-electron chi connectivity index (χ0n) is 16.3. The maximum absolute atomic E-state index is 13.6. The molecule has 4 aliphatic rings. The number of hydrogen-bond donors (Lipinski definition) is 0. The highest BCUT2D eigenvalue weighted by Crippen LogP contribution is 2.55. The molecule has 0 bridgehead atoms. The maximum atomic E-state index is 13.6. The number of hydrogen-bond acceptors (Lipinski definition) is 1. The van der Waals surface area contributed by atoms with E-state index in [4.69, 9.17) is 0 Å². The first-order valence-corrected chi connectivity index (χ1v) is 11.2. The molecule has 0 aromatic rings. The van der Waals surface area contributed by atoms with E-state index in [1.807, 2.05) is 0 Å². The van der Waals surface area contributed by atoms with Gasteiger partial charge in [-0.3, -0.25) is 4.79 Å². The van der Waals surface area contributed by atoms with E-state index >= 15 is 0 Å². The van der Waals surface area contributed by atoms with Crippen molar-refractivity contribution in [2.75, 3.05) is 7.05 Å². The maximum Gasteiger partial charge on any atom is 0.236 e. The molecule has 0 radical (unpaired) electrons. The van der Waals surface area contributed by atoms with Crippen LogP contribution in [0.4, 0.5) is 0 Å². The van der Waals surface area contributed by atoms with Gasteiger partial charge in [-0.2, -0.15) is 0 Å². The largest absolute Gasteiger partial charge is 0.319 e. The van der Waals surface area contributed by atoms with Crippen LogP contribution >= 0.6 is 0 Å². The van der Waals surface area contributed by atoms with Gasteiger partial charge in [0.05, 0.1) is 5.41 Å². The molecule has 2 saturated carbocycles. The highest BCUT2D eigenvalue weighted by atomic mass is 16.2. The monoisotopic (exact) mass is 343 g/mol. The lowest BCUT2D eigenvalue weighted by atomic mass is 9.63. The van der Waals surface area contributed by atoms with E-state index in [1.165, 1.54) is 102 Å². The van der Waals surface area contributed by atoms with Gasteiger partial charge in [0.1, 0.15) is 0 Å². The molecule has 2 nitrogen and oxygen atoms in total. The minimum atomic E-state index is -0.103. The van der Waals surface area contributed by atoms with Gasteiger partial charge in [0.25, 0.3) is 0 Å². The van der Waals surface area contributed by atoms with Gasteiger partial charge in [0, 0.05) is 12.7 Å². The Morgan fingerprint density at radius 2 is 1.32 bits per heavy atom. The summed E-state index contributed by atoms with van der Waals surface area (Å²) in [6, 6.07) is 0. The van der Waals surface area contributed by atoms with E-state index in [2.05, 4.69) is 11.9 Å². The van der Waals surface area contributed by atoms with Gasteiger partial charge in [0.2, 0.25) is 5.91 Å². The number of rotatable bonds is 4. The number of allylic oxidation sites excluding steroid dienone is 1. The van der Waals surface area contributed by atoms with Crippen LogP contribution in [-0.4, -0.2) is 17.9 Å². The smallest absolute Gasteiger partial charge is 0.236 e. The number of carbonyl (C=O) groups excluding carboxylic acids is 1. The third-order valence-electron chi connectivity index (χ3n) is 7.86. The SMILES string of the molecule is CN1C(=O)C(CC2CCCCC2)(CC2CCCCC2)C2=C1CCCC2. The molecule has 2 fully saturated rings. The fourth-order valence-corrected chi connectivity index (χ4v) is 6.62. The van der Waals surface area contributed by atoms with E-state index in [-0.39, 0.29) is 5.41 Å². The van der Waals surface area contributed by atoms with Crippen LogP contribution in [0.25, 0.3) is 0 Å². The molecule has 0 saturated heterocycles. The van der Waals surface area contributed by atoms with Crippen molar-refractivity contribution in [2.24, 2.45) is 17.3 Å². The molecule has 0 aromatic carbocycles. The lowest BCUT2D eigenvalue weighted by Crippen LogP contribution is -2.39. The van der Waals surface area contributed by atoms with Gasteiger partial charge in [0.15, 0.2) is 0 Å². The Morgan fingerprint density at radius 1 is 0.800 bits per heavy atom. The van der Waals surface area contributed by atoms with Crippen molar-refractivity contribution in [3.8, 4) is 0 Å². The van der Waals surface area contributed by atoms with E-state index in [0.29, 0.717) is 5.91 Å². The quantitative estimate of drug-likeness (QED) is 0.594. The molecule has 4 rings (SSSR count). The van der Waals surface area contributed by atoms with E-state index in [9.17, 15) is 4.79 Å². The molecule has 0 atom stereocenters. The molecule has 1 aliphatic heterocycles. The summed E-state index contributed by atoms with van der Waals surface area (Å²) in [5.74, 6) is 2.07. The average molecular weight is 344 g/mol. The standard InChI is InChI=1S/C23H37NO/c1-24-21-15-9-8-14-20(21)23(22(24)25,16-18-10-4-2-5-11-18)17-19-12-6-3-7-13-19/h18-19H,2-17H2,1H3. The Kier molecular flexibility index (Phi) is 5.25. The second-order valence-corrected chi connectivity index (χ2v) is 9.49. The molecule has 1 heterocycles. The van der Waals surface area contributed by atoms with Crippen molar-refractivity contribution >= 4 is 5.91 Å². The van der Waals surface area contributed by atoms with E-state index in [0.717, 1.165) is 18.3 Å². The number of amides is 1. The van der Waals surface area contributed by atoms with Crippen LogP contribution in [0.2, 0.25) is 0 Å². The van der Waals surface area contributed by atoms with Crippen molar-refractivity contribution in [1.82, 2.24) is 4.90 Å². The molecule has 2 heteroatoms. The third kappa shape index (κ3) is 3.30. The van der Waals surface area contributed by atoms with Crippen molar-refractivity contribution in [2.45, 2.75) is 103 Å². The highest BCUT2D eigenvalue weighted by Gasteiger charge is 2.52. The fraction of sp³-hybridized carbons (Fsp3) is 0.870. The molecular weight excluding hydrogens is 306 g/mol. The van der Waals surface area contributed by atoms with Crippen molar-refractivity contribution in [3.05, 3.63) is 11.3 Å². The van der Waals surface area contributed by atoms with Crippen LogP contribution in [0, 0.1) is 17.3 Å². The molecule has 3 aliphatic carbocycles. The minimum Gasteiger partial charge on any atom is -0.319 e. The average Bonchev–Trinajstić information content (AvgIpc) is 2.86. The number of nitrogens with zero attached hydrogens (tertiary/aromatic N) is 1. The Balaban J connectivity index is 1.64. The topological polar surface area (TPSA) is 20.3 Å². The zero-order chi connectivity index (χ0) is 17.3. The van der Waals surface area contributed by atoms with E-state index in [1.54, 1.807) is 5.57 Å². The van der Waals surface area contributed by atoms with Crippen LogP contribution in [0.1, 0.15) is 103 Å². The lowest BCUT2D eigenvalue weighted by molar-refractivity contribution is -0.136. The van der Waals surface area contributed by atoms with Crippen molar-refractivity contribution < 1.29 is 4.79 Å². The molecule has 0 unspecified atom stereocenters. The molecule has 0 aromatic heterocycles. The van der Waals surface area contributed by atoms with Gasteiger partial charge < -0.3 is 4.90 Å². The van der Waals surface area contributed by atoms with Gasteiger partial charge in [-0.05, 0) is 55.9 Å². The third-order valence-corrected chi connectivity index (χ3v) is 7.86. The van der Waals surface area contributed by atoms with E-state index < -0.39 is 0 Å². The number of carbonyl (C=O) groups is 1. The first-order valence-electron chi connectivity index (χ1n) is 11.2. The molecular formula is C23H37NO. The summed E-state index contributed by atoms with van der Waals surface area (Å²) in [4.78, 5) is 15.7. The van der Waals surface area contributed by atoms with Gasteiger partial charge in [-0.1, -0.05) is 64.2 Å².